The van der Waals surface area contributed by atoms with Gasteiger partial charge in [0.2, 0.25) is 0 Å². The summed E-state index contributed by atoms with van der Waals surface area (Å²) in [7, 11) is 0. The van der Waals surface area contributed by atoms with Crippen LogP contribution >= 0.6 is 0 Å². The number of nitro groups is 1. The Bertz CT molecular complexity index is 535. The maximum atomic E-state index is 12.4. The van der Waals surface area contributed by atoms with E-state index in [-0.39, 0.29) is 17.4 Å². The Morgan fingerprint density at radius 2 is 2.00 bits per heavy atom. The normalized spacial score (nSPS) is 23.4. The molecule has 1 aliphatic carbocycles. The van der Waals surface area contributed by atoms with E-state index < -0.39 is 4.92 Å². The average Bonchev–Trinajstić information content (AvgIpc) is 2.77. The second-order valence-corrected chi connectivity index (χ2v) is 5.36. The van der Waals surface area contributed by atoms with E-state index in [9.17, 15) is 14.9 Å². The quantitative estimate of drug-likeness (QED) is 0.651. The van der Waals surface area contributed by atoms with Crippen LogP contribution in [0, 0.1) is 22.0 Å². The lowest BCUT2D eigenvalue weighted by Gasteiger charge is -2.26. The number of carbonyl (C=O) groups is 1. The molecule has 1 aromatic rings. The molecule has 1 saturated heterocycles. The summed E-state index contributed by atoms with van der Waals surface area (Å²) in [6.07, 6.45) is 2.79. The molecule has 1 aliphatic heterocycles. The van der Waals surface area contributed by atoms with E-state index in [1.807, 2.05) is 0 Å². The summed E-state index contributed by atoms with van der Waals surface area (Å²) in [6.45, 7) is 1.93. The van der Waals surface area contributed by atoms with Gasteiger partial charge in [0.1, 0.15) is 0 Å². The van der Waals surface area contributed by atoms with E-state index in [1.54, 1.807) is 6.07 Å². The van der Waals surface area contributed by atoms with Crippen LogP contribution in [0.15, 0.2) is 18.2 Å². The van der Waals surface area contributed by atoms with Crippen LogP contribution in [-0.4, -0.2) is 23.8 Å². The van der Waals surface area contributed by atoms with Crippen LogP contribution in [-0.2, 0) is 6.42 Å². The first kappa shape index (κ1) is 12.3. The van der Waals surface area contributed by atoms with Crippen molar-refractivity contribution in [2.75, 3.05) is 13.1 Å². The summed E-state index contributed by atoms with van der Waals surface area (Å²) < 4.78 is 0. The fourth-order valence-corrected chi connectivity index (χ4v) is 3.24. The minimum Gasteiger partial charge on any atom is -0.317 e. The van der Waals surface area contributed by atoms with E-state index in [0.717, 1.165) is 37.9 Å². The number of hydrogen-bond donors (Lipinski definition) is 1. The molecule has 0 radical (unpaired) electrons. The minimum absolute atomic E-state index is 0.0121. The second kappa shape index (κ2) is 4.74. The molecule has 1 N–H and O–H groups in total. The van der Waals surface area contributed by atoms with Crippen molar-refractivity contribution in [2.45, 2.75) is 19.3 Å². The molecule has 0 aromatic heterocycles. The molecule has 0 bridgehead atoms. The standard InChI is InChI=1S/C14H16N2O3/c17-14-12(9-3-5-15-6-4-9)7-10-1-2-11(16(18)19)8-13(10)14/h1-2,8-9,12,15H,3-7H2. The second-order valence-electron chi connectivity index (χ2n) is 5.36. The molecular weight excluding hydrogens is 244 g/mol. The van der Waals surface area contributed by atoms with Gasteiger partial charge in [0, 0.05) is 23.6 Å². The highest BCUT2D eigenvalue weighted by Gasteiger charge is 2.37. The number of Topliss-reactive ketones (excluding diaryl/α,β-unsaturated/α-hetero) is 1. The first-order valence-electron chi connectivity index (χ1n) is 6.69. The number of hydrogen-bond acceptors (Lipinski definition) is 4. The van der Waals surface area contributed by atoms with Crippen LogP contribution in [0.25, 0.3) is 0 Å². The van der Waals surface area contributed by atoms with Gasteiger partial charge in [-0.1, -0.05) is 6.07 Å². The fraction of sp³-hybridized carbons (Fsp3) is 0.500. The van der Waals surface area contributed by atoms with Crippen molar-refractivity contribution in [3.05, 3.63) is 39.4 Å². The molecule has 2 aliphatic rings. The van der Waals surface area contributed by atoms with E-state index in [0.29, 0.717) is 11.5 Å². The largest absolute Gasteiger partial charge is 0.317 e. The van der Waals surface area contributed by atoms with Gasteiger partial charge in [0.05, 0.1) is 4.92 Å². The van der Waals surface area contributed by atoms with Gasteiger partial charge < -0.3 is 5.32 Å². The number of nitro benzene ring substituents is 1. The molecule has 3 rings (SSSR count). The van der Waals surface area contributed by atoms with Crippen LogP contribution in [0.2, 0.25) is 0 Å². The summed E-state index contributed by atoms with van der Waals surface area (Å²) in [5.74, 6) is 0.546. The Hall–Kier alpha value is -1.75. The van der Waals surface area contributed by atoms with Crippen molar-refractivity contribution in [2.24, 2.45) is 11.8 Å². The Morgan fingerprint density at radius 1 is 1.26 bits per heavy atom. The zero-order valence-corrected chi connectivity index (χ0v) is 10.6. The van der Waals surface area contributed by atoms with Gasteiger partial charge in [-0.05, 0) is 43.8 Å². The van der Waals surface area contributed by atoms with Gasteiger partial charge in [-0.25, -0.2) is 0 Å². The molecule has 0 amide bonds. The van der Waals surface area contributed by atoms with E-state index >= 15 is 0 Å². The fourth-order valence-electron chi connectivity index (χ4n) is 3.24. The van der Waals surface area contributed by atoms with Crippen molar-refractivity contribution >= 4 is 11.5 Å². The molecule has 1 fully saturated rings. The zero-order chi connectivity index (χ0) is 13.4. The van der Waals surface area contributed by atoms with E-state index in [4.69, 9.17) is 0 Å². The van der Waals surface area contributed by atoms with Gasteiger partial charge in [-0.15, -0.1) is 0 Å². The van der Waals surface area contributed by atoms with Crippen molar-refractivity contribution in [3.63, 3.8) is 0 Å². The Morgan fingerprint density at radius 3 is 2.68 bits per heavy atom. The van der Waals surface area contributed by atoms with Gasteiger partial charge in [0.15, 0.2) is 5.78 Å². The predicted octanol–water partition coefficient (Wildman–Crippen LogP) is 1.95. The molecule has 0 spiro atoms. The predicted molar refractivity (Wildman–Crippen MR) is 70.2 cm³/mol. The van der Waals surface area contributed by atoms with Gasteiger partial charge in [-0.3, -0.25) is 14.9 Å². The highest BCUT2D eigenvalue weighted by molar-refractivity contribution is 6.02. The summed E-state index contributed by atoms with van der Waals surface area (Å²) in [5.41, 5.74) is 1.55. The van der Waals surface area contributed by atoms with Crippen molar-refractivity contribution in [3.8, 4) is 0 Å². The third kappa shape index (κ3) is 2.14. The molecule has 1 aromatic carbocycles. The third-order valence-corrected chi connectivity index (χ3v) is 4.30. The summed E-state index contributed by atoms with van der Waals surface area (Å²) in [6, 6.07) is 4.68. The topological polar surface area (TPSA) is 72.2 Å². The van der Waals surface area contributed by atoms with Crippen LogP contribution in [0.5, 0.6) is 0 Å². The minimum atomic E-state index is -0.439. The van der Waals surface area contributed by atoms with E-state index in [2.05, 4.69) is 5.32 Å². The van der Waals surface area contributed by atoms with Gasteiger partial charge in [0.25, 0.3) is 5.69 Å². The maximum Gasteiger partial charge on any atom is 0.270 e. The van der Waals surface area contributed by atoms with Crippen LogP contribution in [0.3, 0.4) is 0 Å². The SMILES string of the molecule is O=C1c2cc([N+](=O)[O-])ccc2CC1C1CCNCC1. The highest BCUT2D eigenvalue weighted by Crippen LogP contribution is 2.36. The molecule has 19 heavy (non-hydrogen) atoms. The molecular formula is C14H16N2O3. The number of nitrogens with one attached hydrogen (secondary N) is 1. The van der Waals surface area contributed by atoms with Gasteiger partial charge in [-0.2, -0.15) is 0 Å². The van der Waals surface area contributed by atoms with Crippen molar-refractivity contribution in [1.82, 2.24) is 5.32 Å². The third-order valence-electron chi connectivity index (χ3n) is 4.30. The first-order chi connectivity index (χ1) is 9.16. The zero-order valence-electron chi connectivity index (χ0n) is 10.6. The summed E-state index contributed by atoms with van der Waals surface area (Å²) >= 11 is 0. The molecule has 1 atom stereocenters. The number of ketones is 1. The molecule has 1 heterocycles. The smallest absolute Gasteiger partial charge is 0.270 e. The lowest BCUT2D eigenvalue weighted by atomic mass is 9.82. The number of rotatable bonds is 2. The van der Waals surface area contributed by atoms with E-state index in [1.165, 1.54) is 12.1 Å². The molecule has 5 heteroatoms. The number of carbonyl (C=O) groups excluding carboxylic acids is 1. The number of piperidine rings is 1. The van der Waals surface area contributed by atoms with Crippen molar-refractivity contribution in [1.29, 1.82) is 0 Å². The molecule has 0 saturated carbocycles. The number of non-ortho nitro benzene ring substituents is 1. The van der Waals surface area contributed by atoms with Crippen LogP contribution < -0.4 is 5.32 Å². The highest BCUT2D eigenvalue weighted by atomic mass is 16.6. The Labute approximate surface area is 111 Å². The van der Waals surface area contributed by atoms with Crippen LogP contribution in [0.4, 0.5) is 5.69 Å². The molecule has 5 nitrogen and oxygen atoms in total. The lowest BCUT2D eigenvalue weighted by Crippen LogP contribution is -2.33. The number of benzene rings is 1. The average molecular weight is 260 g/mol. The summed E-state index contributed by atoms with van der Waals surface area (Å²) in [4.78, 5) is 22.8. The lowest BCUT2D eigenvalue weighted by molar-refractivity contribution is -0.384. The maximum absolute atomic E-state index is 12.4. The monoisotopic (exact) mass is 260 g/mol. The van der Waals surface area contributed by atoms with Gasteiger partial charge >= 0.3 is 0 Å². The summed E-state index contributed by atoms with van der Waals surface area (Å²) in [5, 5.41) is 14.1. The molecule has 1 unspecified atom stereocenters. The first-order valence-corrected chi connectivity index (χ1v) is 6.69. The molecule has 100 valence electrons. The van der Waals surface area contributed by atoms with Crippen molar-refractivity contribution < 1.29 is 9.72 Å². The Balaban J connectivity index is 1.86. The number of nitrogens with zero attached hydrogens (tertiary/aromatic N) is 1. The number of fused-ring (bicyclic) bond motifs is 1. The Kier molecular flexibility index (Phi) is 3.06. The van der Waals surface area contributed by atoms with Crippen LogP contribution in [0.1, 0.15) is 28.8 Å².